The Labute approximate surface area is 419 Å². The highest BCUT2D eigenvalue weighted by Gasteiger charge is 2.78. The van der Waals surface area contributed by atoms with Crippen LogP contribution in [0.2, 0.25) is 0 Å². The summed E-state index contributed by atoms with van der Waals surface area (Å²) >= 11 is 0.988. The number of para-hydroxylation sites is 1. The highest BCUT2D eigenvalue weighted by atomic mass is 32.2. The Kier molecular flexibility index (Phi) is 13.4. The van der Waals surface area contributed by atoms with Gasteiger partial charge in [-0.05, 0) is 72.8 Å². The predicted octanol–water partition coefficient (Wildman–Crippen LogP) is 6.41. The van der Waals surface area contributed by atoms with Crippen LogP contribution in [0.4, 0.5) is 5.69 Å². The number of carbonyl (C=O) groups excluding carboxylic acids is 4. The first-order chi connectivity index (χ1) is 34.2. The number of aliphatic hydroxyl groups is 3. The van der Waals surface area contributed by atoms with Crippen LogP contribution in [0.3, 0.4) is 0 Å². The average molecular weight is 1010 g/mol. The number of methoxy groups -OCH3 is 2. The Morgan fingerprint density at radius 3 is 2.19 bits per heavy atom. The van der Waals surface area contributed by atoms with Crippen LogP contribution in [0, 0.1) is 26.9 Å². The van der Waals surface area contributed by atoms with Gasteiger partial charge in [0.15, 0.2) is 23.7 Å². The largest absolute Gasteiger partial charge is 0.497 e. The maximum absolute atomic E-state index is 15.4. The number of hydrogen-bond donors (Lipinski definition) is 3. The second-order valence-corrected chi connectivity index (χ2v) is 20.7. The van der Waals surface area contributed by atoms with Gasteiger partial charge >= 0.3 is 17.9 Å². The smallest absolute Gasteiger partial charge is 0.338 e. The minimum Gasteiger partial charge on any atom is -0.497 e. The third kappa shape index (κ3) is 8.05. The SMILES string of the molecule is COc1ccc(C2O[C@@H](C(=O)O[C@H]3C[C@@]4(O)[C@@H](OC(=O)c5ccccc5)[C@@H]5[C@]6(OC(C)=O)CO[C@@H]6C[C@H](O)[C@@]5(C)C(=O)[C@H](O)C(=C3C)C4(C)C)[C@H](c3ccccc3)N2Sc2ccccc2[N+](=O)[O-])c(OC)c1. The normalized spacial score (nSPS) is 32.7. The molecule has 4 aromatic carbocycles. The van der Waals surface area contributed by atoms with Crippen LogP contribution in [0.25, 0.3) is 0 Å². The van der Waals surface area contributed by atoms with Crippen LogP contribution in [0.15, 0.2) is 119 Å². The lowest BCUT2D eigenvalue weighted by Gasteiger charge is -2.67. The van der Waals surface area contributed by atoms with Gasteiger partial charge in [-0.1, -0.05) is 74.5 Å². The summed E-state index contributed by atoms with van der Waals surface area (Å²) in [5.41, 5.74) is -6.81. The molecule has 2 bridgehead atoms. The van der Waals surface area contributed by atoms with Gasteiger partial charge in [0.25, 0.3) is 5.69 Å². The molecule has 4 fully saturated rings. The number of esters is 3. The number of nitro benzene ring substituents is 1. The monoisotopic (exact) mass is 1010 g/mol. The van der Waals surface area contributed by atoms with Crippen molar-refractivity contribution in [3.8, 4) is 11.5 Å². The molecule has 0 radical (unpaired) electrons. The molecular weight excluding hydrogens is 953 g/mol. The molecule has 18 nitrogen and oxygen atoms in total. The quantitative estimate of drug-likeness (QED) is 0.0347. The van der Waals surface area contributed by atoms with Gasteiger partial charge in [-0.3, -0.25) is 19.7 Å². The Balaban J connectivity index is 1.19. The number of rotatable bonds is 12. The fraction of sp³-hybridized carbons (Fsp3) is 0.434. The summed E-state index contributed by atoms with van der Waals surface area (Å²) in [6, 6.07) is 26.9. The van der Waals surface area contributed by atoms with Crippen molar-refractivity contribution in [1.82, 2.24) is 4.31 Å². The molecule has 0 aromatic heterocycles. The number of nitrogens with zero attached hydrogens (tertiary/aromatic N) is 2. The molecular formula is C53H56N2O16S. The van der Waals surface area contributed by atoms with Crippen molar-refractivity contribution in [1.29, 1.82) is 0 Å². The molecule has 2 saturated carbocycles. The van der Waals surface area contributed by atoms with Gasteiger partial charge in [-0.2, -0.15) is 0 Å². The summed E-state index contributed by atoms with van der Waals surface area (Å²) in [6.07, 6.45) is -11.2. The van der Waals surface area contributed by atoms with Crippen molar-refractivity contribution in [3.63, 3.8) is 0 Å². The van der Waals surface area contributed by atoms with Crippen molar-refractivity contribution < 1.29 is 72.6 Å². The number of ketones is 1. The van der Waals surface area contributed by atoms with E-state index in [9.17, 15) is 35.0 Å². The van der Waals surface area contributed by atoms with E-state index in [4.69, 9.17) is 33.2 Å². The molecule has 12 atom stereocenters. The molecule has 380 valence electrons. The van der Waals surface area contributed by atoms with Crippen LogP contribution < -0.4 is 9.47 Å². The Morgan fingerprint density at radius 1 is 0.903 bits per heavy atom. The molecule has 2 aliphatic heterocycles. The van der Waals surface area contributed by atoms with Gasteiger partial charge in [0.2, 0.25) is 0 Å². The van der Waals surface area contributed by atoms with Gasteiger partial charge < -0.3 is 48.5 Å². The Morgan fingerprint density at radius 2 is 1.57 bits per heavy atom. The summed E-state index contributed by atoms with van der Waals surface area (Å²) in [7, 11) is 2.94. The van der Waals surface area contributed by atoms with Crippen molar-refractivity contribution in [2.45, 2.75) is 112 Å². The van der Waals surface area contributed by atoms with E-state index in [1.54, 1.807) is 110 Å². The van der Waals surface area contributed by atoms with Gasteiger partial charge in [0, 0.05) is 42.9 Å². The standard InChI is InChI=1S/C53H56N2O16S/c1-28-36(68-49(61)43-41(30-16-10-8-11-17-30)54(72-37-21-15-14-20-34(37)55(63)64)47(69-43)33-23-22-32(65-6)24-35(33)66-7)26-53(62)46(70-48(60)31-18-12-9-13-19-31)44-51(5,45(59)42(58)40(28)50(53,3)4)38(57)25-39-52(44,27-67-39)71-29(2)56/h8-24,36,38-39,41-44,46-47,57-58,62H,25-27H2,1-7H3/t36-,38-,39+,41-,42+,43+,44-,46-,47?,51+,52-,53+/m0/s1. The predicted molar refractivity (Wildman–Crippen MR) is 256 cm³/mol. The van der Waals surface area contributed by atoms with Crippen LogP contribution in [-0.4, -0.2) is 117 Å². The number of aliphatic hydroxyl groups excluding tert-OH is 2. The van der Waals surface area contributed by atoms with Crippen molar-refractivity contribution in [3.05, 3.63) is 141 Å². The average Bonchev–Trinajstić information content (AvgIpc) is 3.74. The molecule has 0 amide bonds. The highest BCUT2D eigenvalue weighted by molar-refractivity contribution is 7.97. The zero-order chi connectivity index (χ0) is 51.7. The third-order valence-electron chi connectivity index (χ3n) is 15.6. The summed E-state index contributed by atoms with van der Waals surface area (Å²) in [5.74, 6) is -4.33. The van der Waals surface area contributed by atoms with Crippen molar-refractivity contribution in [2.24, 2.45) is 16.7 Å². The number of carbonyl (C=O) groups is 4. The van der Waals surface area contributed by atoms with Crippen LogP contribution in [0.1, 0.15) is 81.2 Å². The fourth-order valence-electron chi connectivity index (χ4n) is 11.8. The van der Waals surface area contributed by atoms with E-state index in [0.717, 1.165) is 11.9 Å². The number of Topliss-reactive ketones (excluding diaryl/α,β-unsaturated/α-hetero) is 1. The maximum Gasteiger partial charge on any atom is 0.338 e. The van der Waals surface area contributed by atoms with E-state index >= 15 is 9.59 Å². The van der Waals surface area contributed by atoms with Crippen LogP contribution in [0.5, 0.6) is 11.5 Å². The minimum atomic E-state index is -2.38. The molecule has 19 heteroatoms. The fourth-order valence-corrected chi connectivity index (χ4v) is 13.0. The number of hydrogen-bond acceptors (Lipinski definition) is 18. The second kappa shape index (κ2) is 19.0. The molecule has 0 spiro atoms. The molecule has 9 rings (SSSR count). The molecule has 2 heterocycles. The van der Waals surface area contributed by atoms with Crippen molar-refractivity contribution in [2.75, 3.05) is 20.8 Å². The molecule has 1 unspecified atom stereocenters. The van der Waals surface area contributed by atoms with Gasteiger partial charge in [-0.25, -0.2) is 13.9 Å². The first-order valence-corrected chi connectivity index (χ1v) is 24.2. The van der Waals surface area contributed by atoms with Crippen LogP contribution in [-0.2, 0) is 38.1 Å². The van der Waals surface area contributed by atoms with E-state index in [0.29, 0.717) is 22.6 Å². The molecule has 2 saturated heterocycles. The lowest BCUT2D eigenvalue weighted by Crippen LogP contribution is -2.81. The van der Waals surface area contributed by atoms with E-state index in [1.807, 2.05) is 0 Å². The molecule has 4 aromatic rings. The van der Waals surface area contributed by atoms with E-state index in [2.05, 4.69) is 0 Å². The van der Waals surface area contributed by atoms with Gasteiger partial charge in [0.1, 0.15) is 46.4 Å². The number of nitro groups is 1. The second-order valence-electron chi connectivity index (χ2n) is 19.6. The van der Waals surface area contributed by atoms with E-state index in [1.165, 1.54) is 46.3 Å². The van der Waals surface area contributed by atoms with Crippen molar-refractivity contribution >= 4 is 41.3 Å². The Bertz CT molecular complexity index is 2830. The maximum atomic E-state index is 15.4. The minimum absolute atomic E-state index is 0.0402. The lowest BCUT2D eigenvalue weighted by molar-refractivity contribution is -0.387. The van der Waals surface area contributed by atoms with Crippen LogP contribution >= 0.6 is 11.9 Å². The zero-order valence-electron chi connectivity index (χ0n) is 40.6. The zero-order valence-corrected chi connectivity index (χ0v) is 41.4. The molecule has 72 heavy (non-hydrogen) atoms. The number of ether oxygens (including phenoxy) is 7. The highest BCUT2D eigenvalue weighted by Crippen LogP contribution is 2.64. The van der Waals surface area contributed by atoms with Gasteiger partial charge in [-0.15, -0.1) is 0 Å². The first kappa shape index (κ1) is 50.7. The summed E-state index contributed by atoms with van der Waals surface area (Å²) in [4.78, 5) is 70.4. The molecule has 3 N–H and O–H groups in total. The summed E-state index contributed by atoms with van der Waals surface area (Å²) in [5, 5.41) is 50.9. The number of benzene rings is 4. The Hall–Kier alpha value is -6.19. The number of fused-ring (bicyclic) bond motifs is 5. The van der Waals surface area contributed by atoms with E-state index in [-0.39, 0.29) is 40.3 Å². The van der Waals surface area contributed by atoms with E-state index < -0.39 is 112 Å². The first-order valence-electron chi connectivity index (χ1n) is 23.5. The third-order valence-corrected chi connectivity index (χ3v) is 16.8. The molecule has 5 aliphatic rings. The van der Waals surface area contributed by atoms with Gasteiger partial charge in [0.05, 0.1) is 54.8 Å². The summed E-state index contributed by atoms with van der Waals surface area (Å²) < 4.78 is 44.8. The molecule has 3 aliphatic carbocycles. The topological polar surface area (TPSA) is 240 Å². The summed E-state index contributed by atoms with van der Waals surface area (Å²) in [6.45, 7) is 7.00. The lowest BCUT2D eigenvalue weighted by atomic mass is 9.44.